The molecule has 1 aliphatic rings. The minimum Gasteiger partial charge on any atom is -0.444 e. The molecule has 1 aliphatic heterocycles. The standard InChI is InChI=1S/C13H25NO3/c1-5-11(15)10-7-6-8-14(9-10)12(16)17-13(2,3)4/h10-11,15H,5-9H2,1-4H3/t10-,11+/m1/s1. The first-order valence-corrected chi connectivity index (χ1v) is 6.49. The van der Waals surface area contributed by atoms with Gasteiger partial charge >= 0.3 is 6.09 Å². The van der Waals surface area contributed by atoms with Crippen LogP contribution in [0.2, 0.25) is 0 Å². The van der Waals surface area contributed by atoms with Crippen LogP contribution in [-0.2, 0) is 4.74 Å². The molecule has 1 fully saturated rings. The summed E-state index contributed by atoms with van der Waals surface area (Å²) in [6.07, 6.45) is 2.12. The van der Waals surface area contributed by atoms with E-state index < -0.39 is 5.60 Å². The fourth-order valence-electron chi connectivity index (χ4n) is 2.15. The third-order valence-electron chi connectivity index (χ3n) is 3.07. The van der Waals surface area contributed by atoms with Crippen LogP contribution < -0.4 is 0 Å². The van der Waals surface area contributed by atoms with Crippen molar-refractivity contribution in [3.8, 4) is 0 Å². The number of piperidine rings is 1. The third kappa shape index (κ3) is 4.54. The van der Waals surface area contributed by atoms with Crippen molar-refractivity contribution >= 4 is 6.09 Å². The predicted molar refractivity (Wildman–Crippen MR) is 66.8 cm³/mol. The molecule has 0 unspecified atom stereocenters. The number of aliphatic hydroxyl groups is 1. The maximum absolute atomic E-state index is 11.9. The molecule has 0 aromatic heterocycles. The lowest BCUT2D eigenvalue weighted by molar-refractivity contribution is 0.00234. The highest BCUT2D eigenvalue weighted by atomic mass is 16.6. The largest absolute Gasteiger partial charge is 0.444 e. The van der Waals surface area contributed by atoms with Crippen LogP contribution in [0.5, 0.6) is 0 Å². The number of hydrogen-bond donors (Lipinski definition) is 1. The smallest absolute Gasteiger partial charge is 0.410 e. The maximum atomic E-state index is 11.9. The second-order valence-corrected chi connectivity index (χ2v) is 5.80. The van der Waals surface area contributed by atoms with E-state index in [2.05, 4.69) is 0 Å². The molecule has 0 aromatic rings. The van der Waals surface area contributed by atoms with Crippen LogP contribution >= 0.6 is 0 Å². The van der Waals surface area contributed by atoms with Crippen LogP contribution in [0.3, 0.4) is 0 Å². The van der Waals surface area contributed by atoms with E-state index in [1.54, 1.807) is 4.90 Å². The van der Waals surface area contributed by atoms with E-state index in [4.69, 9.17) is 4.74 Å². The van der Waals surface area contributed by atoms with Gasteiger partial charge in [0, 0.05) is 19.0 Å². The summed E-state index contributed by atoms with van der Waals surface area (Å²) in [5.74, 6) is 0.196. The number of carbonyl (C=O) groups excluding carboxylic acids is 1. The number of nitrogens with zero attached hydrogens (tertiary/aromatic N) is 1. The molecule has 2 atom stereocenters. The first kappa shape index (κ1) is 14.3. The van der Waals surface area contributed by atoms with Crippen LogP contribution in [0.25, 0.3) is 0 Å². The van der Waals surface area contributed by atoms with Gasteiger partial charge < -0.3 is 14.7 Å². The van der Waals surface area contributed by atoms with Crippen molar-refractivity contribution in [1.29, 1.82) is 0 Å². The van der Waals surface area contributed by atoms with Crippen molar-refractivity contribution < 1.29 is 14.6 Å². The van der Waals surface area contributed by atoms with Crippen molar-refractivity contribution in [2.45, 2.75) is 58.7 Å². The Morgan fingerprint density at radius 2 is 2.18 bits per heavy atom. The Labute approximate surface area is 104 Å². The molecular weight excluding hydrogens is 218 g/mol. The molecule has 1 amide bonds. The lowest BCUT2D eigenvalue weighted by Crippen LogP contribution is -2.45. The topological polar surface area (TPSA) is 49.8 Å². The Balaban J connectivity index is 2.52. The fourth-order valence-corrected chi connectivity index (χ4v) is 2.15. The highest BCUT2D eigenvalue weighted by Gasteiger charge is 2.30. The maximum Gasteiger partial charge on any atom is 0.410 e. The molecule has 4 heteroatoms. The Bertz CT molecular complexity index is 260. The van der Waals surface area contributed by atoms with Crippen LogP contribution in [0.15, 0.2) is 0 Å². The molecule has 4 nitrogen and oxygen atoms in total. The lowest BCUT2D eigenvalue weighted by atomic mass is 9.91. The van der Waals surface area contributed by atoms with Crippen LogP contribution in [0.1, 0.15) is 47.0 Å². The van der Waals surface area contributed by atoms with Crippen LogP contribution in [-0.4, -0.2) is 40.9 Å². The zero-order chi connectivity index (χ0) is 13.1. The Hall–Kier alpha value is -0.770. The van der Waals surface area contributed by atoms with Gasteiger partial charge in [0.15, 0.2) is 0 Å². The summed E-state index contributed by atoms with van der Waals surface area (Å²) < 4.78 is 5.34. The molecular formula is C13H25NO3. The number of aliphatic hydroxyl groups excluding tert-OH is 1. The average molecular weight is 243 g/mol. The second-order valence-electron chi connectivity index (χ2n) is 5.80. The molecule has 0 bridgehead atoms. The summed E-state index contributed by atoms with van der Waals surface area (Å²) in [5.41, 5.74) is -0.451. The van der Waals surface area contributed by atoms with Gasteiger partial charge in [0.1, 0.15) is 5.60 Å². The molecule has 0 aliphatic carbocycles. The van der Waals surface area contributed by atoms with Crippen molar-refractivity contribution in [1.82, 2.24) is 4.90 Å². The van der Waals surface area contributed by atoms with Gasteiger partial charge in [-0.1, -0.05) is 6.92 Å². The molecule has 0 saturated carbocycles. The molecule has 0 aromatic carbocycles. The van der Waals surface area contributed by atoms with Crippen LogP contribution in [0.4, 0.5) is 4.79 Å². The number of amides is 1. The van der Waals surface area contributed by atoms with E-state index in [1.165, 1.54) is 0 Å². The molecule has 100 valence electrons. The minimum atomic E-state index is -0.451. The van der Waals surface area contributed by atoms with Gasteiger partial charge in [-0.3, -0.25) is 0 Å². The molecule has 1 rings (SSSR count). The molecule has 1 saturated heterocycles. The Morgan fingerprint density at radius 1 is 1.53 bits per heavy atom. The summed E-state index contributed by atoms with van der Waals surface area (Å²) in [7, 11) is 0. The number of carbonyl (C=O) groups is 1. The van der Waals surface area contributed by atoms with Gasteiger partial charge in [-0.15, -0.1) is 0 Å². The van der Waals surface area contributed by atoms with Crippen molar-refractivity contribution in [2.24, 2.45) is 5.92 Å². The zero-order valence-electron chi connectivity index (χ0n) is 11.4. The van der Waals surface area contributed by atoms with Crippen molar-refractivity contribution in [3.63, 3.8) is 0 Å². The number of rotatable bonds is 2. The van der Waals surface area contributed by atoms with E-state index in [9.17, 15) is 9.90 Å². The Kier molecular flexibility index (Phi) is 4.80. The Morgan fingerprint density at radius 3 is 2.71 bits per heavy atom. The number of hydrogen-bond acceptors (Lipinski definition) is 3. The lowest BCUT2D eigenvalue weighted by Gasteiger charge is -2.35. The van der Waals surface area contributed by atoms with Crippen molar-refractivity contribution in [3.05, 3.63) is 0 Å². The predicted octanol–water partition coefficient (Wildman–Crippen LogP) is 2.40. The summed E-state index contributed by atoms with van der Waals surface area (Å²) in [4.78, 5) is 13.6. The SMILES string of the molecule is CC[C@H](O)[C@@H]1CCCN(C(=O)OC(C)(C)C)C1. The summed E-state index contributed by atoms with van der Waals surface area (Å²) in [6.45, 7) is 8.93. The summed E-state index contributed by atoms with van der Waals surface area (Å²) in [5, 5.41) is 9.84. The first-order chi connectivity index (χ1) is 7.83. The van der Waals surface area contributed by atoms with E-state index >= 15 is 0 Å². The quantitative estimate of drug-likeness (QED) is 0.810. The van der Waals surface area contributed by atoms with Gasteiger partial charge in [0.25, 0.3) is 0 Å². The minimum absolute atomic E-state index is 0.196. The summed E-state index contributed by atoms with van der Waals surface area (Å²) >= 11 is 0. The molecule has 17 heavy (non-hydrogen) atoms. The number of likely N-dealkylation sites (tertiary alicyclic amines) is 1. The normalized spacial score (nSPS) is 23.4. The number of ether oxygens (including phenoxy) is 1. The monoisotopic (exact) mass is 243 g/mol. The van der Waals surface area contributed by atoms with E-state index in [-0.39, 0.29) is 18.1 Å². The fraction of sp³-hybridized carbons (Fsp3) is 0.923. The molecule has 0 spiro atoms. The molecule has 1 heterocycles. The molecule has 1 N–H and O–H groups in total. The highest BCUT2D eigenvalue weighted by Crippen LogP contribution is 2.23. The van der Waals surface area contributed by atoms with Gasteiger partial charge in [-0.25, -0.2) is 4.79 Å². The third-order valence-corrected chi connectivity index (χ3v) is 3.07. The van der Waals surface area contributed by atoms with Crippen molar-refractivity contribution in [2.75, 3.05) is 13.1 Å². The highest BCUT2D eigenvalue weighted by molar-refractivity contribution is 5.68. The second kappa shape index (κ2) is 5.71. The van der Waals surface area contributed by atoms with Gasteiger partial charge in [0.2, 0.25) is 0 Å². The first-order valence-electron chi connectivity index (χ1n) is 6.49. The van der Waals surface area contributed by atoms with E-state index in [1.807, 2.05) is 27.7 Å². The zero-order valence-corrected chi connectivity index (χ0v) is 11.4. The van der Waals surface area contributed by atoms with E-state index in [0.29, 0.717) is 6.54 Å². The van der Waals surface area contributed by atoms with Gasteiger partial charge in [-0.05, 0) is 40.0 Å². The van der Waals surface area contributed by atoms with Gasteiger partial charge in [0.05, 0.1) is 6.10 Å². The van der Waals surface area contributed by atoms with Crippen LogP contribution in [0, 0.1) is 5.92 Å². The average Bonchev–Trinajstić information content (AvgIpc) is 2.26. The van der Waals surface area contributed by atoms with E-state index in [0.717, 1.165) is 25.8 Å². The summed E-state index contributed by atoms with van der Waals surface area (Å²) in [6, 6.07) is 0. The molecule has 0 radical (unpaired) electrons. The van der Waals surface area contributed by atoms with Gasteiger partial charge in [-0.2, -0.15) is 0 Å².